The third-order valence-electron chi connectivity index (χ3n) is 8.80. The van der Waals surface area contributed by atoms with E-state index in [1.807, 2.05) is 72.8 Å². The molecule has 210 valence electrons. The zero-order valence-electron chi connectivity index (χ0n) is 28.3. The predicted molar refractivity (Wildman–Crippen MR) is 190 cm³/mol. The summed E-state index contributed by atoms with van der Waals surface area (Å²) in [6.07, 6.45) is 0. The number of hydrogen-bond acceptors (Lipinski definition) is 1. The summed E-state index contributed by atoms with van der Waals surface area (Å²) in [6, 6.07) is 48.4. The van der Waals surface area contributed by atoms with Crippen molar-refractivity contribution < 1.29 is 9.90 Å². The maximum atomic E-state index is 9.24. The van der Waals surface area contributed by atoms with E-state index in [0.717, 1.165) is 76.9 Å². The fourth-order valence-corrected chi connectivity index (χ4v) is 6.77. The SMILES string of the molecule is [2H]c1c([2H])c([2H])c(-c2c3ccccc3c(-c3ccc4c(c3)oc3cc(-c5ccccc5)ccc34)c3ccccc23)c(-c2ccccc2)c1[2H]. The quantitative estimate of drug-likeness (QED) is 0.190. The molecule has 1 heterocycles. The number of furan rings is 1. The fraction of sp³-hybridized carbons (Fsp3) is 0. The van der Waals surface area contributed by atoms with Gasteiger partial charge in [0.05, 0.1) is 5.48 Å². The van der Waals surface area contributed by atoms with Gasteiger partial charge >= 0.3 is 0 Å². The monoisotopic (exact) mass is 576 g/mol. The van der Waals surface area contributed by atoms with Crippen molar-refractivity contribution in [3.05, 3.63) is 170 Å². The molecule has 8 aromatic carbocycles. The van der Waals surface area contributed by atoms with Gasteiger partial charge in [-0.25, -0.2) is 0 Å². The Labute approximate surface area is 267 Å². The maximum absolute atomic E-state index is 9.24. The van der Waals surface area contributed by atoms with Gasteiger partial charge in [-0.1, -0.05) is 145 Å². The van der Waals surface area contributed by atoms with E-state index in [1.54, 1.807) is 0 Å². The maximum Gasteiger partial charge on any atom is 0.136 e. The van der Waals surface area contributed by atoms with Crippen LogP contribution in [0.2, 0.25) is 0 Å². The van der Waals surface area contributed by atoms with Gasteiger partial charge in [-0.05, 0) is 90.3 Å². The van der Waals surface area contributed by atoms with Crippen LogP contribution in [0.3, 0.4) is 0 Å². The lowest BCUT2D eigenvalue weighted by atomic mass is 9.84. The highest BCUT2D eigenvalue weighted by Gasteiger charge is 2.19. The molecule has 0 N–H and O–H groups in total. The molecule has 0 bridgehead atoms. The second-order valence-corrected chi connectivity index (χ2v) is 11.3. The normalized spacial score (nSPS) is 12.8. The molecule has 0 aliphatic heterocycles. The Balaban J connectivity index is 1.33. The van der Waals surface area contributed by atoms with Crippen molar-refractivity contribution in [2.45, 2.75) is 0 Å². The van der Waals surface area contributed by atoms with E-state index >= 15 is 0 Å². The summed E-state index contributed by atoms with van der Waals surface area (Å²) in [4.78, 5) is 0. The largest absolute Gasteiger partial charge is 0.456 e. The molecule has 0 unspecified atom stereocenters. The molecule has 1 aromatic heterocycles. The van der Waals surface area contributed by atoms with E-state index in [9.17, 15) is 1.37 Å². The Morgan fingerprint density at radius 2 is 0.822 bits per heavy atom. The highest BCUT2D eigenvalue weighted by molar-refractivity contribution is 6.23. The first-order valence-corrected chi connectivity index (χ1v) is 15.1. The van der Waals surface area contributed by atoms with E-state index in [-0.39, 0.29) is 24.2 Å². The van der Waals surface area contributed by atoms with Crippen LogP contribution in [0.5, 0.6) is 0 Å². The Bertz CT molecular complexity index is 2690. The number of fused-ring (bicyclic) bond motifs is 5. The average Bonchev–Trinajstić information content (AvgIpc) is 3.52. The molecular weight excluding hydrogens is 544 g/mol. The molecule has 0 amide bonds. The van der Waals surface area contributed by atoms with Gasteiger partial charge in [0.15, 0.2) is 0 Å². The van der Waals surface area contributed by atoms with Crippen LogP contribution < -0.4 is 0 Å². The van der Waals surface area contributed by atoms with Crippen molar-refractivity contribution in [1.29, 1.82) is 0 Å². The van der Waals surface area contributed by atoms with Gasteiger partial charge in [0.25, 0.3) is 0 Å². The minimum Gasteiger partial charge on any atom is -0.456 e. The molecule has 0 saturated heterocycles. The Kier molecular flexibility index (Phi) is 5.00. The van der Waals surface area contributed by atoms with Crippen molar-refractivity contribution in [2.24, 2.45) is 0 Å². The first-order chi connectivity index (χ1) is 24.0. The van der Waals surface area contributed by atoms with Gasteiger partial charge in [-0.15, -0.1) is 0 Å². The van der Waals surface area contributed by atoms with Crippen LogP contribution in [0.4, 0.5) is 0 Å². The zero-order chi connectivity index (χ0) is 33.2. The van der Waals surface area contributed by atoms with Crippen LogP contribution in [0.15, 0.2) is 174 Å². The predicted octanol–water partition coefficient (Wildman–Crippen LogP) is 12.6. The topological polar surface area (TPSA) is 13.1 Å². The third-order valence-corrected chi connectivity index (χ3v) is 8.80. The average molecular weight is 577 g/mol. The van der Waals surface area contributed by atoms with Gasteiger partial charge in [0.2, 0.25) is 0 Å². The summed E-state index contributed by atoms with van der Waals surface area (Å²) in [5, 5.41) is 5.93. The van der Waals surface area contributed by atoms with Gasteiger partial charge in [-0.2, -0.15) is 0 Å². The van der Waals surface area contributed by atoms with Crippen molar-refractivity contribution >= 4 is 43.5 Å². The second-order valence-electron chi connectivity index (χ2n) is 11.3. The Hall–Kier alpha value is -5.92. The number of benzene rings is 8. The Morgan fingerprint density at radius 3 is 1.42 bits per heavy atom. The van der Waals surface area contributed by atoms with Crippen LogP contribution in [0.1, 0.15) is 5.48 Å². The summed E-state index contributed by atoms with van der Waals surface area (Å²) in [5.74, 6) is 0. The molecule has 1 heteroatoms. The van der Waals surface area contributed by atoms with Gasteiger partial charge in [0.1, 0.15) is 11.2 Å². The van der Waals surface area contributed by atoms with Crippen molar-refractivity contribution in [3.8, 4) is 44.5 Å². The second kappa shape index (κ2) is 10.4. The summed E-state index contributed by atoms with van der Waals surface area (Å²) in [5.41, 5.74) is 8.47. The molecule has 0 radical (unpaired) electrons. The van der Waals surface area contributed by atoms with Crippen molar-refractivity contribution in [3.63, 3.8) is 0 Å². The summed E-state index contributed by atoms with van der Waals surface area (Å²) in [7, 11) is 0. The minimum absolute atomic E-state index is 0.0507. The smallest absolute Gasteiger partial charge is 0.136 e. The Morgan fingerprint density at radius 1 is 0.356 bits per heavy atom. The highest BCUT2D eigenvalue weighted by Crippen LogP contribution is 2.46. The lowest BCUT2D eigenvalue weighted by Gasteiger charge is -2.19. The van der Waals surface area contributed by atoms with E-state index in [0.29, 0.717) is 11.1 Å². The third kappa shape index (κ3) is 4.17. The summed E-state index contributed by atoms with van der Waals surface area (Å²) < 4.78 is 42.1. The van der Waals surface area contributed by atoms with E-state index in [1.165, 1.54) is 0 Å². The lowest BCUT2D eigenvalue weighted by Crippen LogP contribution is -1.92. The molecule has 9 aromatic rings. The van der Waals surface area contributed by atoms with Gasteiger partial charge in [0, 0.05) is 10.8 Å². The molecular formula is C44H28O. The molecule has 0 saturated carbocycles. The zero-order valence-corrected chi connectivity index (χ0v) is 24.3. The number of hydrogen-bond donors (Lipinski definition) is 0. The van der Waals surface area contributed by atoms with Crippen LogP contribution >= 0.6 is 0 Å². The molecule has 45 heavy (non-hydrogen) atoms. The molecule has 0 fully saturated rings. The first kappa shape index (κ1) is 21.7. The van der Waals surface area contributed by atoms with E-state index in [2.05, 4.69) is 72.8 Å². The molecule has 9 rings (SSSR count). The highest BCUT2D eigenvalue weighted by atomic mass is 16.3. The van der Waals surface area contributed by atoms with Crippen molar-refractivity contribution in [2.75, 3.05) is 0 Å². The molecule has 1 nitrogen and oxygen atoms in total. The van der Waals surface area contributed by atoms with Crippen LogP contribution in [-0.4, -0.2) is 0 Å². The van der Waals surface area contributed by atoms with E-state index in [4.69, 9.17) is 8.53 Å². The molecule has 0 aliphatic rings. The molecule has 0 atom stereocenters. The minimum atomic E-state index is -0.248. The molecule has 0 aliphatic carbocycles. The van der Waals surface area contributed by atoms with Crippen LogP contribution in [0, 0.1) is 0 Å². The van der Waals surface area contributed by atoms with E-state index < -0.39 is 0 Å². The fourth-order valence-electron chi connectivity index (χ4n) is 6.77. The molecule has 0 spiro atoms. The van der Waals surface area contributed by atoms with Gasteiger partial charge in [-0.3, -0.25) is 0 Å². The summed E-state index contributed by atoms with van der Waals surface area (Å²) in [6.45, 7) is 0. The first-order valence-electron chi connectivity index (χ1n) is 17.1. The summed E-state index contributed by atoms with van der Waals surface area (Å²) >= 11 is 0. The van der Waals surface area contributed by atoms with Gasteiger partial charge < -0.3 is 4.42 Å². The standard InChI is InChI=1S/C44H28O/c1-3-13-29(14-4-1)31-23-25-34-35-26-24-32(28-42(35)45-41(34)27-31)43-37-19-9-11-21-39(37)44(40-22-12-10-20-38(40)43)36-18-8-7-17-33(36)30-15-5-2-6-16-30/h1-28H/i7D,8D,17D,18D. The number of rotatable bonds is 4. The van der Waals surface area contributed by atoms with Crippen LogP contribution in [0.25, 0.3) is 88.0 Å². The lowest BCUT2D eigenvalue weighted by molar-refractivity contribution is 0.669. The van der Waals surface area contributed by atoms with Crippen molar-refractivity contribution in [1.82, 2.24) is 0 Å². The van der Waals surface area contributed by atoms with Crippen LogP contribution in [-0.2, 0) is 0 Å².